The van der Waals surface area contributed by atoms with Crippen molar-refractivity contribution in [3.63, 3.8) is 0 Å². The maximum absolute atomic E-state index is 6.10. The van der Waals surface area contributed by atoms with Crippen LogP contribution in [0.15, 0.2) is 85.7 Å². The number of benzene rings is 2. The molecule has 0 bridgehead atoms. The topological polar surface area (TPSA) is 27.7 Å². The molecule has 0 saturated carbocycles. The fourth-order valence-electron chi connectivity index (χ4n) is 2.65. The van der Waals surface area contributed by atoms with Crippen LogP contribution in [0.4, 0.5) is 0 Å². The quantitative estimate of drug-likeness (QED) is 0.713. The normalized spacial score (nSPS) is 22.8. The molecular formula is C21H22O3. The van der Waals surface area contributed by atoms with Gasteiger partial charge in [0.2, 0.25) is 0 Å². The van der Waals surface area contributed by atoms with Crippen molar-refractivity contribution in [2.45, 2.75) is 31.5 Å². The van der Waals surface area contributed by atoms with Crippen LogP contribution in [0.3, 0.4) is 0 Å². The minimum absolute atomic E-state index is 0.175. The summed E-state index contributed by atoms with van der Waals surface area (Å²) in [5, 5.41) is 0. The first kappa shape index (κ1) is 16.5. The van der Waals surface area contributed by atoms with E-state index in [0.717, 1.165) is 11.1 Å². The van der Waals surface area contributed by atoms with Crippen LogP contribution in [0.5, 0.6) is 0 Å². The molecule has 1 aliphatic rings. The maximum Gasteiger partial charge on any atom is 0.145 e. The zero-order valence-corrected chi connectivity index (χ0v) is 13.6. The highest BCUT2D eigenvalue weighted by molar-refractivity contribution is 5.15. The van der Waals surface area contributed by atoms with Crippen LogP contribution in [0.25, 0.3) is 0 Å². The number of ether oxygens (including phenoxy) is 3. The molecule has 0 N–H and O–H groups in total. The van der Waals surface area contributed by atoms with E-state index in [4.69, 9.17) is 14.2 Å². The molecule has 3 nitrogen and oxygen atoms in total. The Balaban J connectivity index is 1.64. The van der Waals surface area contributed by atoms with E-state index in [1.165, 1.54) is 0 Å². The van der Waals surface area contributed by atoms with Crippen molar-refractivity contribution in [3.8, 4) is 0 Å². The van der Waals surface area contributed by atoms with Gasteiger partial charge in [-0.15, -0.1) is 0 Å². The minimum atomic E-state index is -0.226. The monoisotopic (exact) mass is 322 g/mol. The summed E-state index contributed by atoms with van der Waals surface area (Å²) in [5.74, 6) is 0. The molecular weight excluding hydrogens is 300 g/mol. The molecule has 124 valence electrons. The second-order valence-electron chi connectivity index (χ2n) is 5.69. The first-order valence-electron chi connectivity index (χ1n) is 8.12. The summed E-state index contributed by atoms with van der Waals surface area (Å²) < 4.78 is 17.8. The summed E-state index contributed by atoms with van der Waals surface area (Å²) in [6.45, 7) is 4.89. The van der Waals surface area contributed by atoms with E-state index in [2.05, 4.69) is 6.58 Å². The minimum Gasteiger partial charge on any atom is -0.491 e. The molecule has 0 amide bonds. The third kappa shape index (κ3) is 4.34. The molecule has 2 aromatic carbocycles. The van der Waals surface area contributed by atoms with Gasteiger partial charge in [0.15, 0.2) is 0 Å². The van der Waals surface area contributed by atoms with Crippen molar-refractivity contribution in [1.29, 1.82) is 0 Å². The van der Waals surface area contributed by atoms with Gasteiger partial charge in [-0.3, -0.25) is 0 Å². The first-order valence-corrected chi connectivity index (χ1v) is 8.12. The highest BCUT2D eigenvalue weighted by Crippen LogP contribution is 2.22. The first-order chi connectivity index (χ1) is 11.9. The van der Waals surface area contributed by atoms with Crippen molar-refractivity contribution in [2.75, 3.05) is 0 Å². The summed E-state index contributed by atoms with van der Waals surface area (Å²) in [4.78, 5) is 0. The SMILES string of the molecule is C=C[C@H]1OC=C[C@@H](OCc2ccccc2)[C@@H]1OCc1ccccc1. The lowest BCUT2D eigenvalue weighted by Crippen LogP contribution is -2.42. The van der Waals surface area contributed by atoms with Gasteiger partial charge in [0.25, 0.3) is 0 Å². The van der Waals surface area contributed by atoms with Crippen molar-refractivity contribution in [2.24, 2.45) is 0 Å². The van der Waals surface area contributed by atoms with Gasteiger partial charge >= 0.3 is 0 Å². The molecule has 0 spiro atoms. The van der Waals surface area contributed by atoms with Gasteiger partial charge in [-0.05, 0) is 23.3 Å². The van der Waals surface area contributed by atoms with Crippen molar-refractivity contribution in [1.82, 2.24) is 0 Å². The van der Waals surface area contributed by atoms with E-state index in [0.29, 0.717) is 13.2 Å². The summed E-state index contributed by atoms with van der Waals surface area (Å²) in [5.41, 5.74) is 2.26. The predicted molar refractivity (Wildman–Crippen MR) is 94.2 cm³/mol. The third-order valence-electron chi connectivity index (χ3n) is 3.95. The van der Waals surface area contributed by atoms with E-state index in [-0.39, 0.29) is 18.3 Å². The van der Waals surface area contributed by atoms with Crippen LogP contribution in [-0.2, 0) is 27.4 Å². The van der Waals surface area contributed by atoms with Gasteiger partial charge in [0.1, 0.15) is 18.3 Å². The molecule has 0 unspecified atom stereocenters. The predicted octanol–water partition coefficient (Wildman–Crippen LogP) is 4.26. The maximum atomic E-state index is 6.10. The lowest BCUT2D eigenvalue weighted by Gasteiger charge is -2.33. The lowest BCUT2D eigenvalue weighted by atomic mass is 10.1. The van der Waals surface area contributed by atoms with Crippen LogP contribution in [0.1, 0.15) is 11.1 Å². The highest BCUT2D eigenvalue weighted by Gasteiger charge is 2.32. The van der Waals surface area contributed by atoms with Crippen LogP contribution in [-0.4, -0.2) is 18.3 Å². The number of hydrogen-bond acceptors (Lipinski definition) is 3. The fraction of sp³-hybridized carbons (Fsp3) is 0.238. The molecule has 24 heavy (non-hydrogen) atoms. The zero-order valence-electron chi connectivity index (χ0n) is 13.6. The van der Waals surface area contributed by atoms with Gasteiger partial charge in [-0.2, -0.15) is 0 Å². The summed E-state index contributed by atoms with van der Waals surface area (Å²) in [6, 6.07) is 20.2. The fourth-order valence-corrected chi connectivity index (χ4v) is 2.65. The van der Waals surface area contributed by atoms with Crippen LogP contribution in [0, 0.1) is 0 Å². The molecule has 1 heterocycles. The third-order valence-corrected chi connectivity index (χ3v) is 3.95. The number of rotatable bonds is 7. The molecule has 0 saturated heterocycles. The Morgan fingerprint density at radius 1 is 0.875 bits per heavy atom. The van der Waals surface area contributed by atoms with Crippen molar-refractivity contribution < 1.29 is 14.2 Å². The average Bonchev–Trinajstić information content (AvgIpc) is 2.66. The van der Waals surface area contributed by atoms with E-state index < -0.39 is 0 Å². The average molecular weight is 322 g/mol. The second kappa shape index (κ2) is 8.48. The van der Waals surface area contributed by atoms with Crippen LogP contribution < -0.4 is 0 Å². The van der Waals surface area contributed by atoms with Gasteiger partial charge in [0, 0.05) is 0 Å². The Kier molecular flexibility index (Phi) is 5.83. The van der Waals surface area contributed by atoms with E-state index in [1.807, 2.05) is 66.7 Å². The van der Waals surface area contributed by atoms with Crippen molar-refractivity contribution in [3.05, 3.63) is 96.8 Å². The molecule has 2 aromatic rings. The van der Waals surface area contributed by atoms with Crippen molar-refractivity contribution >= 4 is 0 Å². The van der Waals surface area contributed by atoms with Gasteiger partial charge in [0.05, 0.1) is 19.5 Å². The summed E-state index contributed by atoms with van der Waals surface area (Å²) in [6.07, 6.45) is 4.71. The Labute approximate surface area is 143 Å². The molecule has 0 aromatic heterocycles. The molecule has 0 radical (unpaired) electrons. The van der Waals surface area contributed by atoms with Crippen LogP contribution >= 0.6 is 0 Å². The molecule has 1 aliphatic heterocycles. The van der Waals surface area contributed by atoms with Gasteiger partial charge in [-0.1, -0.05) is 67.2 Å². The molecule has 0 fully saturated rings. The largest absolute Gasteiger partial charge is 0.491 e. The molecule has 0 aliphatic carbocycles. The van der Waals surface area contributed by atoms with Gasteiger partial charge < -0.3 is 14.2 Å². The van der Waals surface area contributed by atoms with E-state index >= 15 is 0 Å². The Bertz CT molecular complexity index is 651. The standard InChI is InChI=1S/C21H22O3/c1-2-19-21(24-16-18-11-7-4-8-12-18)20(13-14-22-19)23-15-17-9-5-3-6-10-17/h2-14,19-21H,1,15-16H2/t19-,20-,21-/m1/s1. The summed E-state index contributed by atoms with van der Waals surface area (Å²) >= 11 is 0. The number of hydrogen-bond donors (Lipinski definition) is 0. The van der Waals surface area contributed by atoms with Crippen LogP contribution in [0.2, 0.25) is 0 Å². The molecule has 3 rings (SSSR count). The Hall–Kier alpha value is -2.36. The summed E-state index contributed by atoms with van der Waals surface area (Å²) in [7, 11) is 0. The second-order valence-corrected chi connectivity index (χ2v) is 5.69. The van der Waals surface area contributed by atoms with Gasteiger partial charge in [-0.25, -0.2) is 0 Å². The zero-order chi connectivity index (χ0) is 16.6. The Morgan fingerprint density at radius 3 is 2.04 bits per heavy atom. The van der Waals surface area contributed by atoms with E-state index in [9.17, 15) is 0 Å². The molecule has 3 atom stereocenters. The smallest absolute Gasteiger partial charge is 0.145 e. The molecule has 3 heteroatoms. The highest BCUT2D eigenvalue weighted by atomic mass is 16.6. The Morgan fingerprint density at radius 2 is 1.46 bits per heavy atom. The lowest BCUT2D eigenvalue weighted by molar-refractivity contribution is -0.117. The van der Waals surface area contributed by atoms with E-state index in [1.54, 1.807) is 12.3 Å².